The van der Waals surface area contributed by atoms with Crippen molar-refractivity contribution in [2.45, 2.75) is 26.2 Å². The first kappa shape index (κ1) is 27.8. The van der Waals surface area contributed by atoms with E-state index in [1.54, 1.807) is 53.7 Å². The molecular weight excluding hydrogens is 528 g/mol. The lowest BCUT2D eigenvalue weighted by molar-refractivity contribution is -0.117. The average Bonchev–Trinajstić information content (AvgIpc) is 3.63. The molecule has 1 aliphatic heterocycles. The number of aliphatic hydroxyl groups is 1. The van der Waals surface area contributed by atoms with Crippen LogP contribution in [0.1, 0.15) is 33.5 Å². The molecule has 0 aliphatic carbocycles. The minimum absolute atomic E-state index is 0.0916. The minimum Gasteiger partial charge on any atom is -0.513 e. The van der Waals surface area contributed by atoms with Crippen LogP contribution in [0, 0.1) is 24.5 Å². The van der Waals surface area contributed by atoms with Crippen molar-refractivity contribution >= 4 is 11.7 Å². The van der Waals surface area contributed by atoms with Crippen molar-refractivity contribution in [3.8, 4) is 22.9 Å². The van der Waals surface area contributed by atoms with Gasteiger partial charge in [0.25, 0.3) is 5.91 Å². The van der Waals surface area contributed by atoms with Crippen molar-refractivity contribution in [1.29, 1.82) is 0 Å². The molecule has 0 spiro atoms. The highest BCUT2D eigenvalue weighted by molar-refractivity contribution is 5.95. The maximum atomic E-state index is 14.8. The van der Waals surface area contributed by atoms with Crippen LogP contribution in [0.3, 0.4) is 0 Å². The summed E-state index contributed by atoms with van der Waals surface area (Å²) in [6.45, 7) is 6.35. The van der Waals surface area contributed by atoms with Gasteiger partial charge in [0, 0.05) is 56.4 Å². The number of benzene rings is 2. The van der Waals surface area contributed by atoms with Gasteiger partial charge in [0.2, 0.25) is 0 Å². The predicted octanol–water partition coefficient (Wildman–Crippen LogP) is 6.34. The number of likely N-dealkylation sites (tertiary alicyclic amines) is 1. The summed E-state index contributed by atoms with van der Waals surface area (Å²) >= 11 is 0. The van der Waals surface area contributed by atoms with Crippen LogP contribution in [0.25, 0.3) is 11.4 Å². The molecule has 1 unspecified atom stereocenters. The van der Waals surface area contributed by atoms with E-state index >= 15 is 0 Å². The molecule has 41 heavy (non-hydrogen) atoms. The Hall–Kier alpha value is -4.79. The highest BCUT2D eigenvalue weighted by atomic mass is 19.1. The van der Waals surface area contributed by atoms with Crippen LogP contribution in [0.15, 0.2) is 79.3 Å². The first-order chi connectivity index (χ1) is 19.7. The summed E-state index contributed by atoms with van der Waals surface area (Å²) in [4.78, 5) is 34.5. The van der Waals surface area contributed by atoms with E-state index in [1.165, 1.54) is 18.2 Å². The molecule has 0 radical (unpaired) electrons. The molecule has 1 atom stereocenters. The second-order valence-corrected chi connectivity index (χ2v) is 10.2. The lowest BCUT2D eigenvalue weighted by Crippen LogP contribution is -2.28. The Bertz CT molecular complexity index is 1630. The largest absolute Gasteiger partial charge is 0.513 e. The monoisotopic (exact) mass is 557 g/mol. The van der Waals surface area contributed by atoms with Crippen molar-refractivity contribution in [3.63, 3.8) is 0 Å². The van der Waals surface area contributed by atoms with Crippen molar-refractivity contribution in [3.05, 3.63) is 113 Å². The van der Waals surface area contributed by atoms with Gasteiger partial charge in [-0.25, -0.2) is 8.78 Å². The number of carbonyl (C=O) groups excluding carboxylic acids is 2. The van der Waals surface area contributed by atoms with E-state index in [4.69, 9.17) is 4.74 Å². The van der Waals surface area contributed by atoms with Crippen LogP contribution in [-0.4, -0.2) is 44.8 Å². The number of aliphatic hydroxyl groups excluding tert-OH is 1. The van der Waals surface area contributed by atoms with Gasteiger partial charge >= 0.3 is 0 Å². The number of H-pyrrole nitrogens is 1. The molecule has 3 heterocycles. The highest BCUT2D eigenvalue weighted by Crippen LogP contribution is 2.28. The van der Waals surface area contributed by atoms with Gasteiger partial charge in [0.1, 0.15) is 28.9 Å². The van der Waals surface area contributed by atoms with Gasteiger partial charge in [-0.2, -0.15) is 0 Å². The zero-order chi connectivity index (χ0) is 29.1. The van der Waals surface area contributed by atoms with Crippen LogP contribution in [-0.2, 0) is 17.6 Å². The summed E-state index contributed by atoms with van der Waals surface area (Å²) < 4.78 is 34.7. The number of nitrogens with one attached hydrogen (secondary N) is 1. The number of Topliss-reactive ketones (excluding diaryl/α,β-unsaturated/α-hetero) is 1. The first-order valence-corrected chi connectivity index (χ1v) is 13.2. The molecule has 1 fully saturated rings. The van der Waals surface area contributed by atoms with Crippen molar-refractivity contribution in [2.24, 2.45) is 5.92 Å². The molecule has 2 N–H and O–H groups in total. The second kappa shape index (κ2) is 11.8. The number of hydrogen-bond donors (Lipinski definition) is 2. The maximum absolute atomic E-state index is 14.8. The van der Waals surface area contributed by atoms with E-state index in [1.807, 2.05) is 6.92 Å². The lowest BCUT2D eigenvalue weighted by Gasteiger charge is -2.15. The zero-order valence-corrected chi connectivity index (χ0v) is 22.5. The zero-order valence-electron chi connectivity index (χ0n) is 22.5. The Labute approximate surface area is 236 Å². The molecule has 9 heteroatoms. The molecule has 1 aliphatic rings. The molecule has 4 aromatic rings. The van der Waals surface area contributed by atoms with Gasteiger partial charge in [-0.3, -0.25) is 14.6 Å². The average molecular weight is 558 g/mol. The molecule has 5 rings (SSSR count). The maximum Gasteiger partial charge on any atom is 0.255 e. The smallest absolute Gasteiger partial charge is 0.255 e. The normalized spacial score (nSPS) is 14.7. The predicted molar refractivity (Wildman–Crippen MR) is 150 cm³/mol. The van der Waals surface area contributed by atoms with Crippen LogP contribution < -0.4 is 4.74 Å². The molecule has 210 valence electrons. The Kier molecular flexibility index (Phi) is 7.96. The summed E-state index contributed by atoms with van der Waals surface area (Å²) in [6, 6.07) is 13.8. The Morgan fingerprint density at radius 3 is 2.59 bits per heavy atom. The standard InChI is InChI=1S/C32H29F2N3O4/c1-19-3-6-28(33)23(11-19)13-25(39)12-21-4-5-26(15-29(21)34)41-27-7-9-35-31(16-27)30-14-24(17-36-30)32(40)37-10-8-22(18-37)20(2)38/h3-7,9,11,14-17,22,36,38H,2,8,10,12-13,18H2,1H3. The number of halogens is 2. The molecule has 7 nitrogen and oxygen atoms in total. The molecule has 2 aromatic heterocycles. The van der Waals surface area contributed by atoms with E-state index < -0.39 is 11.6 Å². The number of aromatic nitrogens is 2. The van der Waals surface area contributed by atoms with Gasteiger partial charge in [0.15, 0.2) is 0 Å². The molecule has 1 saturated heterocycles. The summed E-state index contributed by atoms with van der Waals surface area (Å²) in [5.74, 6) is -0.895. The van der Waals surface area contributed by atoms with Gasteiger partial charge in [-0.1, -0.05) is 30.3 Å². The Balaban J connectivity index is 1.23. The topological polar surface area (TPSA) is 95.5 Å². The second-order valence-electron chi connectivity index (χ2n) is 10.2. The van der Waals surface area contributed by atoms with Gasteiger partial charge in [-0.15, -0.1) is 0 Å². The Morgan fingerprint density at radius 1 is 1.05 bits per heavy atom. The fourth-order valence-electron chi connectivity index (χ4n) is 4.88. The number of nitrogens with zero attached hydrogens (tertiary/aromatic N) is 2. The number of ketones is 1. The van der Waals surface area contributed by atoms with Gasteiger partial charge in [0.05, 0.1) is 22.7 Å². The summed E-state index contributed by atoms with van der Waals surface area (Å²) in [6.07, 6.45) is 3.54. The minimum atomic E-state index is -0.601. The molecule has 2 aromatic carbocycles. The van der Waals surface area contributed by atoms with Crippen molar-refractivity contribution in [1.82, 2.24) is 14.9 Å². The summed E-state index contributed by atoms with van der Waals surface area (Å²) in [7, 11) is 0. The third kappa shape index (κ3) is 6.51. The van der Waals surface area contributed by atoms with E-state index in [-0.39, 0.29) is 47.5 Å². The van der Waals surface area contributed by atoms with Crippen molar-refractivity contribution < 1.29 is 28.2 Å². The number of rotatable bonds is 9. The summed E-state index contributed by atoms with van der Waals surface area (Å²) in [5, 5.41) is 9.63. The molecular formula is C32H29F2N3O4. The van der Waals surface area contributed by atoms with E-state index in [2.05, 4.69) is 16.5 Å². The first-order valence-electron chi connectivity index (χ1n) is 13.2. The molecule has 0 saturated carbocycles. The van der Waals surface area contributed by atoms with Crippen LogP contribution >= 0.6 is 0 Å². The number of amides is 1. The number of hydrogen-bond acceptors (Lipinski definition) is 5. The number of carbonyl (C=O) groups is 2. The van der Waals surface area contributed by atoms with E-state index in [0.717, 1.165) is 5.56 Å². The number of pyridine rings is 1. The van der Waals surface area contributed by atoms with Crippen LogP contribution in [0.2, 0.25) is 0 Å². The van der Waals surface area contributed by atoms with E-state index in [9.17, 15) is 23.5 Å². The van der Waals surface area contributed by atoms with E-state index in [0.29, 0.717) is 47.8 Å². The Morgan fingerprint density at radius 2 is 1.83 bits per heavy atom. The van der Waals surface area contributed by atoms with Gasteiger partial charge < -0.3 is 19.7 Å². The number of ether oxygens (including phenoxy) is 1. The fourth-order valence-corrected chi connectivity index (χ4v) is 4.88. The number of aryl methyl sites for hydroxylation is 1. The fraction of sp³-hybridized carbons (Fsp3) is 0.219. The van der Waals surface area contributed by atoms with Crippen LogP contribution in [0.4, 0.5) is 8.78 Å². The van der Waals surface area contributed by atoms with Crippen molar-refractivity contribution in [2.75, 3.05) is 13.1 Å². The van der Waals surface area contributed by atoms with Crippen LogP contribution in [0.5, 0.6) is 11.5 Å². The van der Waals surface area contributed by atoms with Gasteiger partial charge in [-0.05, 0) is 48.7 Å². The molecule has 0 bridgehead atoms. The SMILES string of the molecule is C=C(O)C1CCN(C(=O)c2c[nH]c(-c3cc(Oc4ccc(CC(=O)Cc5cc(C)ccc5F)c(F)c4)ccn3)c2)C1. The summed E-state index contributed by atoms with van der Waals surface area (Å²) in [5.41, 5.74) is 2.93. The highest BCUT2D eigenvalue weighted by Gasteiger charge is 2.29. The quantitative estimate of drug-likeness (QED) is 0.234. The third-order valence-electron chi connectivity index (χ3n) is 7.12. The third-order valence-corrected chi connectivity index (χ3v) is 7.12. The lowest BCUT2D eigenvalue weighted by atomic mass is 10.0. The number of aromatic amines is 1. The molecule has 1 amide bonds.